The Labute approximate surface area is 116 Å². The van der Waals surface area contributed by atoms with E-state index in [1.54, 1.807) is 7.11 Å². The minimum absolute atomic E-state index is 0.519. The number of likely N-dealkylation sites (tertiary alicyclic amines) is 1. The molecule has 0 saturated carbocycles. The maximum Gasteiger partial charge on any atom is 0.122 e. The van der Waals surface area contributed by atoms with E-state index >= 15 is 0 Å². The van der Waals surface area contributed by atoms with Gasteiger partial charge in [0.1, 0.15) is 5.75 Å². The summed E-state index contributed by atoms with van der Waals surface area (Å²) in [7, 11) is 1.74. The van der Waals surface area contributed by atoms with E-state index in [0.29, 0.717) is 12.1 Å². The molecule has 0 aromatic heterocycles. The highest BCUT2D eigenvalue weighted by Gasteiger charge is 2.25. The number of ether oxygens (including phenoxy) is 1. The normalized spacial score (nSPS) is 22.2. The molecule has 19 heavy (non-hydrogen) atoms. The largest absolute Gasteiger partial charge is 0.496 e. The fourth-order valence-electron chi connectivity index (χ4n) is 3.16. The van der Waals surface area contributed by atoms with Gasteiger partial charge in [-0.15, -0.1) is 0 Å². The molecule has 3 nitrogen and oxygen atoms in total. The molecule has 1 aromatic carbocycles. The van der Waals surface area contributed by atoms with E-state index in [4.69, 9.17) is 10.5 Å². The molecule has 0 amide bonds. The highest BCUT2D eigenvalue weighted by molar-refractivity contribution is 5.33. The Morgan fingerprint density at radius 2 is 2.16 bits per heavy atom. The van der Waals surface area contributed by atoms with Crippen LogP contribution in [0.1, 0.15) is 31.7 Å². The lowest BCUT2D eigenvalue weighted by molar-refractivity contribution is 0.107. The van der Waals surface area contributed by atoms with Crippen molar-refractivity contribution in [2.24, 2.45) is 5.73 Å². The number of nitrogens with two attached hydrogens (primary N) is 1. The van der Waals surface area contributed by atoms with Crippen molar-refractivity contribution in [2.75, 3.05) is 20.2 Å². The maximum atomic E-state index is 5.91. The Kier molecular flexibility index (Phi) is 5.23. The van der Waals surface area contributed by atoms with Crippen molar-refractivity contribution >= 4 is 0 Å². The molecule has 1 aromatic rings. The number of benzene rings is 1. The van der Waals surface area contributed by atoms with Crippen LogP contribution in [0.4, 0.5) is 0 Å². The standard InChI is InChI=1S/C16H26N2O/c1-13(18-10-6-5-8-15(18)12-17)11-14-7-3-4-9-16(14)19-2/h3-4,7,9,13,15H,5-6,8,10-12,17H2,1-2H3. The van der Waals surface area contributed by atoms with E-state index in [1.807, 2.05) is 12.1 Å². The lowest BCUT2D eigenvalue weighted by Gasteiger charge is -2.39. The molecule has 2 unspecified atom stereocenters. The molecule has 106 valence electrons. The van der Waals surface area contributed by atoms with E-state index in [0.717, 1.165) is 18.7 Å². The average Bonchev–Trinajstić information content (AvgIpc) is 2.47. The zero-order chi connectivity index (χ0) is 13.7. The first-order valence-corrected chi connectivity index (χ1v) is 7.34. The van der Waals surface area contributed by atoms with E-state index in [9.17, 15) is 0 Å². The van der Waals surface area contributed by atoms with Gasteiger partial charge in [-0.05, 0) is 44.4 Å². The van der Waals surface area contributed by atoms with Crippen LogP contribution in [0.5, 0.6) is 5.75 Å². The summed E-state index contributed by atoms with van der Waals surface area (Å²) in [6.45, 7) is 4.26. The summed E-state index contributed by atoms with van der Waals surface area (Å²) < 4.78 is 5.44. The van der Waals surface area contributed by atoms with Crippen LogP contribution >= 0.6 is 0 Å². The second-order valence-corrected chi connectivity index (χ2v) is 5.49. The van der Waals surface area contributed by atoms with Crippen LogP contribution in [0.25, 0.3) is 0 Å². The quantitative estimate of drug-likeness (QED) is 0.886. The van der Waals surface area contributed by atoms with Gasteiger partial charge in [-0.2, -0.15) is 0 Å². The summed E-state index contributed by atoms with van der Waals surface area (Å²) in [6.07, 6.45) is 4.89. The molecule has 2 N–H and O–H groups in total. The van der Waals surface area contributed by atoms with Gasteiger partial charge < -0.3 is 10.5 Å². The summed E-state index contributed by atoms with van der Waals surface area (Å²) in [4.78, 5) is 2.58. The average molecular weight is 262 g/mol. The summed E-state index contributed by atoms with van der Waals surface area (Å²) in [5.74, 6) is 0.996. The molecule has 0 aliphatic carbocycles. The van der Waals surface area contributed by atoms with Gasteiger partial charge in [0.15, 0.2) is 0 Å². The van der Waals surface area contributed by atoms with Crippen molar-refractivity contribution in [3.8, 4) is 5.75 Å². The van der Waals surface area contributed by atoms with E-state index in [-0.39, 0.29) is 0 Å². The molecule has 0 bridgehead atoms. The second-order valence-electron chi connectivity index (χ2n) is 5.49. The van der Waals surface area contributed by atoms with Crippen LogP contribution in [-0.4, -0.2) is 37.2 Å². The van der Waals surface area contributed by atoms with Crippen molar-refractivity contribution in [1.82, 2.24) is 4.90 Å². The molecule has 0 radical (unpaired) electrons. The Bertz CT molecular complexity index is 394. The van der Waals surface area contributed by atoms with E-state index in [1.165, 1.54) is 31.4 Å². The zero-order valence-corrected chi connectivity index (χ0v) is 12.1. The SMILES string of the molecule is COc1ccccc1CC(C)N1CCCCC1CN. The molecule has 3 heteroatoms. The van der Waals surface area contributed by atoms with E-state index in [2.05, 4.69) is 24.0 Å². The van der Waals surface area contributed by atoms with Gasteiger partial charge in [0, 0.05) is 18.6 Å². The molecular weight excluding hydrogens is 236 g/mol. The smallest absolute Gasteiger partial charge is 0.122 e. The Balaban J connectivity index is 2.05. The van der Waals surface area contributed by atoms with Gasteiger partial charge in [-0.25, -0.2) is 0 Å². The van der Waals surface area contributed by atoms with Crippen LogP contribution in [-0.2, 0) is 6.42 Å². The molecule has 1 aliphatic heterocycles. The number of nitrogens with zero attached hydrogens (tertiary/aromatic N) is 1. The van der Waals surface area contributed by atoms with Crippen LogP contribution in [0.3, 0.4) is 0 Å². The van der Waals surface area contributed by atoms with E-state index < -0.39 is 0 Å². The number of para-hydroxylation sites is 1. The topological polar surface area (TPSA) is 38.5 Å². The summed E-state index contributed by atoms with van der Waals surface area (Å²) in [5, 5.41) is 0. The second kappa shape index (κ2) is 6.92. The summed E-state index contributed by atoms with van der Waals surface area (Å²) >= 11 is 0. The van der Waals surface area contributed by atoms with Gasteiger partial charge in [-0.3, -0.25) is 4.90 Å². The van der Waals surface area contributed by atoms with Gasteiger partial charge >= 0.3 is 0 Å². The minimum Gasteiger partial charge on any atom is -0.496 e. The highest BCUT2D eigenvalue weighted by Crippen LogP contribution is 2.24. The van der Waals surface area contributed by atoms with Gasteiger partial charge in [0.05, 0.1) is 7.11 Å². The Morgan fingerprint density at radius 1 is 1.37 bits per heavy atom. The first-order chi connectivity index (χ1) is 9.26. The predicted molar refractivity (Wildman–Crippen MR) is 79.6 cm³/mol. The lowest BCUT2D eigenvalue weighted by atomic mass is 9.97. The predicted octanol–water partition coefficient (Wildman–Crippen LogP) is 2.44. The monoisotopic (exact) mass is 262 g/mol. The number of hydrogen-bond acceptors (Lipinski definition) is 3. The van der Waals surface area contributed by atoms with Gasteiger partial charge in [-0.1, -0.05) is 24.6 Å². The maximum absolute atomic E-state index is 5.91. The van der Waals surface area contributed by atoms with Crippen molar-refractivity contribution in [3.05, 3.63) is 29.8 Å². The van der Waals surface area contributed by atoms with Crippen molar-refractivity contribution in [1.29, 1.82) is 0 Å². The summed E-state index contributed by atoms with van der Waals surface area (Å²) in [6, 6.07) is 9.39. The number of hydrogen-bond donors (Lipinski definition) is 1. The molecule has 0 spiro atoms. The van der Waals surface area contributed by atoms with Crippen molar-refractivity contribution < 1.29 is 4.74 Å². The third kappa shape index (κ3) is 3.48. The van der Waals surface area contributed by atoms with Gasteiger partial charge in [0.25, 0.3) is 0 Å². The van der Waals surface area contributed by atoms with Gasteiger partial charge in [0.2, 0.25) is 0 Å². The number of rotatable bonds is 5. The van der Waals surface area contributed by atoms with Crippen LogP contribution in [0.15, 0.2) is 24.3 Å². The molecule has 1 fully saturated rings. The van der Waals surface area contributed by atoms with Crippen LogP contribution < -0.4 is 10.5 Å². The third-order valence-corrected chi connectivity index (χ3v) is 4.22. The van der Waals surface area contributed by atoms with Crippen molar-refractivity contribution in [3.63, 3.8) is 0 Å². The zero-order valence-electron chi connectivity index (χ0n) is 12.1. The Hall–Kier alpha value is -1.06. The minimum atomic E-state index is 0.519. The highest BCUT2D eigenvalue weighted by atomic mass is 16.5. The molecule has 1 saturated heterocycles. The fraction of sp³-hybridized carbons (Fsp3) is 0.625. The number of methoxy groups -OCH3 is 1. The van der Waals surface area contributed by atoms with Crippen molar-refractivity contribution in [2.45, 2.75) is 44.7 Å². The van der Waals surface area contributed by atoms with Crippen LogP contribution in [0, 0.1) is 0 Å². The molecule has 1 aliphatic rings. The third-order valence-electron chi connectivity index (χ3n) is 4.22. The summed E-state index contributed by atoms with van der Waals surface area (Å²) in [5.41, 5.74) is 7.21. The molecule has 2 rings (SSSR count). The number of piperidine rings is 1. The molecular formula is C16H26N2O. The van der Waals surface area contributed by atoms with Crippen LogP contribution in [0.2, 0.25) is 0 Å². The first kappa shape index (κ1) is 14.4. The molecule has 2 atom stereocenters. The molecule has 1 heterocycles. The lowest BCUT2D eigenvalue weighted by Crippen LogP contribution is -2.49. The fourth-order valence-corrected chi connectivity index (χ4v) is 3.16. The first-order valence-electron chi connectivity index (χ1n) is 7.34. The Morgan fingerprint density at radius 3 is 2.89 bits per heavy atom.